The SMILES string of the molecule is CCCn1c(C)cc(C(=O)COC(=O)c2ccc3c(c2)CC(C)N3S(C)(=O)=O)c1C. The van der Waals surface area contributed by atoms with Crippen LogP contribution in [0.15, 0.2) is 24.3 Å². The van der Waals surface area contributed by atoms with Gasteiger partial charge in [-0.05, 0) is 63.4 Å². The number of aromatic nitrogens is 1. The van der Waals surface area contributed by atoms with Crippen LogP contribution in [0, 0.1) is 13.8 Å². The van der Waals surface area contributed by atoms with Crippen LogP contribution in [0.25, 0.3) is 0 Å². The monoisotopic (exact) mass is 432 g/mol. The molecule has 0 saturated carbocycles. The lowest BCUT2D eigenvalue weighted by Gasteiger charge is -2.21. The van der Waals surface area contributed by atoms with E-state index in [0.29, 0.717) is 23.2 Å². The first-order chi connectivity index (χ1) is 14.0. The lowest BCUT2D eigenvalue weighted by atomic mass is 10.1. The lowest BCUT2D eigenvalue weighted by Crippen LogP contribution is -2.34. The Bertz CT molecular complexity index is 1100. The highest BCUT2D eigenvalue weighted by molar-refractivity contribution is 7.92. The third-order valence-corrected chi connectivity index (χ3v) is 6.75. The van der Waals surface area contributed by atoms with E-state index < -0.39 is 16.0 Å². The molecule has 1 aromatic carbocycles. The Kier molecular flexibility index (Phi) is 6.08. The van der Waals surface area contributed by atoms with Crippen LogP contribution in [0.4, 0.5) is 5.69 Å². The van der Waals surface area contributed by atoms with Crippen molar-refractivity contribution in [3.05, 3.63) is 52.3 Å². The van der Waals surface area contributed by atoms with Crippen molar-refractivity contribution < 1.29 is 22.7 Å². The van der Waals surface area contributed by atoms with Gasteiger partial charge in [-0.25, -0.2) is 13.2 Å². The Morgan fingerprint density at radius 2 is 1.90 bits per heavy atom. The fraction of sp³-hybridized carbons (Fsp3) is 0.455. The van der Waals surface area contributed by atoms with Gasteiger partial charge in [0.15, 0.2) is 6.61 Å². The number of fused-ring (bicyclic) bond motifs is 1. The number of sulfonamides is 1. The highest BCUT2D eigenvalue weighted by atomic mass is 32.2. The molecule has 162 valence electrons. The summed E-state index contributed by atoms with van der Waals surface area (Å²) in [5.41, 5.74) is 4.12. The van der Waals surface area contributed by atoms with E-state index in [0.717, 1.165) is 29.9 Å². The Labute approximate surface area is 177 Å². The van der Waals surface area contributed by atoms with Crippen LogP contribution in [-0.4, -0.2) is 43.6 Å². The molecular weight excluding hydrogens is 404 g/mol. The fourth-order valence-electron chi connectivity index (χ4n) is 4.18. The summed E-state index contributed by atoms with van der Waals surface area (Å²) in [5, 5.41) is 0. The molecule has 1 aliphatic rings. The minimum Gasteiger partial charge on any atom is -0.454 e. The molecular formula is C22H28N2O5S. The number of Topliss-reactive ketones (excluding diaryl/α,β-unsaturated/α-hetero) is 1. The van der Waals surface area contributed by atoms with Crippen LogP contribution in [0.1, 0.15) is 57.9 Å². The number of esters is 1. The third-order valence-electron chi connectivity index (χ3n) is 5.48. The van der Waals surface area contributed by atoms with Gasteiger partial charge in [-0.3, -0.25) is 9.10 Å². The maximum atomic E-state index is 12.6. The zero-order valence-electron chi connectivity index (χ0n) is 18.1. The number of carbonyl (C=O) groups excluding carboxylic acids is 2. The van der Waals surface area contributed by atoms with Gasteiger partial charge in [0.2, 0.25) is 15.8 Å². The molecule has 0 N–H and O–H groups in total. The van der Waals surface area contributed by atoms with E-state index in [2.05, 4.69) is 11.5 Å². The van der Waals surface area contributed by atoms with E-state index in [1.807, 2.05) is 26.8 Å². The molecule has 0 aliphatic carbocycles. The van der Waals surface area contributed by atoms with E-state index in [9.17, 15) is 18.0 Å². The number of benzene rings is 1. The van der Waals surface area contributed by atoms with Crippen LogP contribution in [0.2, 0.25) is 0 Å². The molecule has 2 aromatic rings. The summed E-state index contributed by atoms with van der Waals surface area (Å²) >= 11 is 0. The molecule has 0 bridgehead atoms. The van der Waals surface area contributed by atoms with Gasteiger partial charge in [-0.1, -0.05) is 6.92 Å². The normalized spacial score (nSPS) is 15.9. The minimum atomic E-state index is -3.39. The average Bonchev–Trinajstić information content (AvgIpc) is 3.15. The summed E-state index contributed by atoms with van der Waals surface area (Å²) in [5.74, 6) is -0.837. The number of hydrogen-bond donors (Lipinski definition) is 0. The number of ketones is 1. The summed E-state index contributed by atoms with van der Waals surface area (Å²) in [6.45, 7) is 8.26. The summed E-state index contributed by atoms with van der Waals surface area (Å²) < 4.78 is 32.8. The highest BCUT2D eigenvalue weighted by Gasteiger charge is 2.33. The molecule has 0 spiro atoms. The third kappa shape index (κ3) is 4.14. The quantitative estimate of drug-likeness (QED) is 0.495. The van der Waals surface area contributed by atoms with E-state index in [-0.39, 0.29) is 18.4 Å². The van der Waals surface area contributed by atoms with Crippen molar-refractivity contribution in [2.45, 2.75) is 53.1 Å². The van der Waals surface area contributed by atoms with Crippen LogP contribution >= 0.6 is 0 Å². The fourth-order valence-corrected chi connectivity index (χ4v) is 5.44. The Hall–Kier alpha value is -2.61. The largest absolute Gasteiger partial charge is 0.454 e. The van der Waals surface area contributed by atoms with E-state index in [1.54, 1.807) is 12.1 Å². The van der Waals surface area contributed by atoms with Gasteiger partial charge < -0.3 is 9.30 Å². The number of anilines is 1. The Morgan fingerprint density at radius 3 is 2.53 bits per heavy atom. The average molecular weight is 433 g/mol. The molecule has 1 atom stereocenters. The second-order valence-electron chi connectivity index (χ2n) is 7.89. The van der Waals surface area contributed by atoms with Crippen molar-refractivity contribution in [3.8, 4) is 0 Å². The summed E-state index contributed by atoms with van der Waals surface area (Å²) in [6.07, 6.45) is 2.66. The first-order valence-corrected chi connectivity index (χ1v) is 11.9. The van der Waals surface area contributed by atoms with Crippen LogP contribution in [0.5, 0.6) is 0 Å². The van der Waals surface area contributed by atoms with Crippen molar-refractivity contribution in [3.63, 3.8) is 0 Å². The lowest BCUT2D eigenvalue weighted by molar-refractivity contribution is 0.0474. The molecule has 2 heterocycles. The predicted octanol–water partition coefficient (Wildman–Crippen LogP) is 3.27. The molecule has 3 rings (SSSR count). The maximum absolute atomic E-state index is 12.6. The molecule has 7 nitrogen and oxygen atoms in total. The molecule has 0 radical (unpaired) electrons. The predicted molar refractivity (Wildman–Crippen MR) is 116 cm³/mol. The topological polar surface area (TPSA) is 85.7 Å². The Balaban J connectivity index is 1.72. The van der Waals surface area contributed by atoms with Gasteiger partial charge in [-0.2, -0.15) is 0 Å². The molecule has 0 amide bonds. The number of carbonyl (C=O) groups is 2. The second-order valence-corrected chi connectivity index (χ2v) is 9.75. The zero-order valence-corrected chi connectivity index (χ0v) is 18.9. The number of hydrogen-bond acceptors (Lipinski definition) is 5. The smallest absolute Gasteiger partial charge is 0.338 e. The summed E-state index contributed by atoms with van der Waals surface area (Å²) in [7, 11) is -3.39. The van der Waals surface area contributed by atoms with E-state index in [1.165, 1.54) is 16.6 Å². The van der Waals surface area contributed by atoms with E-state index >= 15 is 0 Å². The van der Waals surface area contributed by atoms with Gasteiger partial charge in [0.05, 0.1) is 17.5 Å². The van der Waals surface area contributed by atoms with Gasteiger partial charge in [0.1, 0.15) is 0 Å². The first-order valence-electron chi connectivity index (χ1n) is 10.0. The maximum Gasteiger partial charge on any atom is 0.338 e. The number of nitrogens with zero attached hydrogens (tertiary/aromatic N) is 2. The van der Waals surface area contributed by atoms with E-state index in [4.69, 9.17) is 4.74 Å². The number of aryl methyl sites for hydroxylation is 1. The van der Waals surface area contributed by atoms with Crippen molar-refractivity contribution in [2.75, 3.05) is 17.2 Å². The highest BCUT2D eigenvalue weighted by Crippen LogP contribution is 2.34. The van der Waals surface area contributed by atoms with Crippen LogP contribution < -0.4 is 4.31 Å². The molecule has 0 fully saturated rings. The minimum absolute atomic E-state index is 0.207. The second kappa shape index (κ2) is 8.26. The van der Waals surface area contributed by atoms with Crippen molar-refractivity contribution in [1.29, 1.82) is 0 Å². The molecule has 8 heteroatoms. The number of rotatable bonds is 7. The standard InChI is InChI=1S/C22H28N2O5S/c1-6-9-23-14(2)11-19(16(23)4)21(25)13-29-22(26)17-7-8-20-18(12-17)10-15(3)24(20)30(5,27)28/h7-8,11-12,15H,6,9-10,13H2,1-5H3. The first kappa shape index (κ1) is 22.1. The summed E-state index contributed by atoms with van der Waals surface area (Å²) in [6, 6.07) is 6.43. The number of ether oxygens (including phenoxy) is 1. The van der Waals surface area contributed by atoms with Gasteiger partial charge in [-0.15, -0.1) is 0 Å². The molecule has 1 aromatic heterocycles. The van der Waals surface area contributed by atoms with Crippen molar-refractivity contribution in [1.82, 2.24) is 4.57 Å². The molecule has 30 heavy (non-hydrogen) atoms. The van der Waals surface area contributed by atoms with Gasteiger partial charge in [0, 0.05) is 29.5 Å². The van der Waals surface area contributed by atoms with Crippen LogP contribution in [-0.2, 0) is 27.7 Å². The molecule has 1 aliphatic heterocycles. The van der Waals surface area contributed by atoms with Crippen molar-refractivity contribution >= 4 is 27.5 Å². The molecule has 0 saturated heterocycles. The van der Waals surface area contributed by atoms with Crippen molar-refractivity contribution in [2.24, 2.45) is 0 Å². The van der Waals surface area contributed by atoms with Gasteiger partial charge >= 0.3 is 5.97 Å². The molecule has 1 unspecified atom stereocenters. The zero-order chi connectivity index (χ0) is 22.2. The summed E-state index contributed by atoms with van der Waals surface area (Å²) in [4.78, 5) is 25.1. The Morgan fingerprint density at radius 1 is 1.20 bits per heavy atom. The van der Waals surface area contributed by atoms with Gasteiger partial charge in [0.25, 0.3) is 0 Å². The van der Waals surface area contributed by atoms with Crippen LogP contribution in [0.3, 0.4) is 0 Å².